The normalized spacial score (nSPS) is 10.2. The van der Waals surface area contributed by atoms with Gasteiger partial charge in [0.1, 0.15) is 0 Å². The van der Waals surface area contributed by atoms with Crippen LogP contribution in [0.4, 0.5) is 4.79 Å². The molecule has 0 unspecified atom stereocenters. The molecule has 0 aliphatic heterocycles. The SMILES string of the molecule is O=C(O)NCC#CS(=O)(=O)c1ccc(Br)cc1. The molecule has 0 bridgehead atoms. The molecular formula is C10H8BrNO4S. The molecule has 0 fully saturated rings. The van der Waals surface area contributed by atoms with Crippen molar-refractivity contribution < 1.29 is 18.3 Å². The summed E-state index contributed by atoms with van der Waals surface area (Å²) in [6.45, 7) is -0.231. The van der Waals surface area contributed by atoms with E-state index in [1.165, 1.54) is 12.1 Å². The Kier molecular flexibility index (Phi) is 4.54. The Labute approximate surface area is 107 Å². The topological polar surface area (TPSA) is 83.5 Å². The summed E-state index contributed by atoms with van der Waals surface area (Å²) < 4.78 is 24.0. The minimum absolute atomic E-state index is 0.0727. The highest BCUT2D eigenvalue weighted by atomic mass is 79.9. The standard InChI is InChI=1S/C10H8BrNO4S/c11-8-2-4-9(5-3-8)17(15,16)7-1-6-12-10(13)14/h2-5,12H,6H2,(H,13,14). The summed E-state index contributed by atoms with van der Waals surface area (Å²) in [5.74, 6) is 2.23. The number of nitrogens with one attached hydrogen (secondary N) is 1. The fourth-order valence-corrected chi connectivity index (χ4v) is 2.06. The summed E-state index contributed by atoms with van der Waals surface area (Å²) in [6, 6.07) is 6.01. The first-order valence-corrected chi connectivity index (χ1v) is 6.66. The first kappa shape index (κ1) is 13.5. The maximum Gasteiger partial charge on any atom is 0.405 e. The number of sulfone groups is 1. The van der Waals surface area contributed by atoms with Crippen molar-refractivity contribution in [3.05, 3.63) is 28.7 Å². The van der Waals surface area contributed by atoms with Gasteiger partial charge in [0.05, 0.1) is 11.4 Å². The van der Waals surface area contributed by atoms with E-state index in [0.717, 1.165) is 4.47 Å². The van der Waals surface area contributed by atoms with Gasteiger partial charge in [0.15, 0.2) is 0 Å². The minimum atomic E-state index is -3.69. The van der Waals surface area contributed by atoms with E-state index >= 15 is 0 Å². The van der Waals surface area contributed by atoms with Crippen LogP contribution in [-0.4, -0.2) is 26.2 Å². The summed E-state index contributed by atoms with van der Waals surface area (Å²) in [5, 5.41) is 12.2. The Balaban J connectivity index is 2.82. The molecule has 1 rings (SSSR count). The molecule has 1 amide bonds. The zero-order valence-corrected chi connectivity index (χ0v) is 10.9. The quantitative estimate of drug-likeness (QED) is 0.639. The molecule has 90 valence electrons. The van der Waals surface area contributed by atoms with E-state index in [1.807, 2.05) is 10.6 Å². The molecule has 0 atom stereocenters. The van der Waals surface area contributed by atoms with Gasteiger partial charge in [-0.2, -0.15) is 0 Å². The lowest BCUT2D eigenvalue weighted by molar-refractivity contribution is 0.196. The summed E-state index contributed by atoms with van der Waals surface area (Å²) in [6.07, 6.45) is -1.25. The number of halogens is 1. The number of hydrogen-bond acceptors (Lipinski definition) is 3. The van der Waals surface area contributed by atoms with Gasteiger partial charge in [-0.3, -0.25) is 0 Å². The Hall–Kier alpha value is -1.52. The Morgan fingerprint density at radius 1 is 1.35 bits per heavy atom. The second-order valence-corrected chi connectivity index (χ2v) is 5.49. The lowest BCUT2D eigenvalue weighted by Gasteiger charge is -1.96. The van der Waals surface area contributed by atoms with Crippen LogP contribution in [0, 0.1) is 11.2 Å². The van der Waals surface area contributed by atoms with Gasteiger partial charge in [0, 0.05) is 9.73 Å². The summed E-state index contributed by atoms with van der Waals surface area (Å²) in [5.41, 5.74) is 0. The number of carboxylic acid groups (broad SMARTS) is 1. The Morgan fingerprint density at radius 2 is 1.94 bits per heavy atom. The molecule has 0 spiro atoms. The van der Waals surface area contributed by atoms with Crippen molar-refractivity contribution in [3.8, 4) is 11.2 Å². The van der Waals surface area contributed by atoms with Gasteiger partial charge in [-0.05, 0) is 24.3 Å². The number of hydrogen-bond donors (Lipinski definition) is 2. The molecule has 17 heavy (non-hydrogen) atoms. The predicted molar refractivity (Wildman–Crippen MR) is 65.1 cm³/mol. The van der Waals surface area contributed by atoms with E-state index in [0.29, 0.717) is 0 Å². The molecular weight excluding hydrogens is 310 g/mol. The van der Waals surface area contributed by atoms with Gasteiger partial charge in [0.2, 0.25) is 9.84 Å². The number of rotatable bonds is 2. The molecule has 0 aliphatic rings. The largest absolute Gasteiger partial charge is 0.465 e. The average Bonchev–Trinajstić information content (AvgIpc) is 2.25. The fourth-order valence-electron chi connectivity index (χ4n) is 0.924. The van der Waals surface area contributed by atoms with Crippen molar-refractivity contribution in [2.75, 3.05) is 6.54 Å². The average molecular weight is 318 g/mol. The second-order valence-electron chi connectivity index (χ2n) is 2.89. The molecule has 5 nitrogen and oxygen atoms in total. The highest BCUT2D eigenvalue weighted by Crippen LogP contribution is 2.15. The molecule has 0 saturated heterocycles. The molecule has 0 radical (unpaired) electrons. The first-order chi connectivity index (χ1) is 7.92. The zero-order valence-electron chi connectivity index (χ0n) is 8.47. The third kappa shape index (κ3) is 4.46. The molecule has 0 aliphatic carbocycles. The van der Waals surface area contributed by atoms with Crippen LogP contribution in [0.1, 0.15) is 0 Å². The molecule has 2 N–H and O–H groups in total. The van der Waals surface area contributed by atoms with Crippen LogP contribution < -0.4 is 5.32 Å². The molecule has 0 heterocycles. The van der Waals surface area contributed by atoms with Gasteiger partial charge in [-0.25, -0.2) is 13.2 Å². The first-order valence-electron chi connectivity index (χ1n) is 4.39. The summed E-state index contributed by atoms with van der Waals surface area (Å²) in [7, 11) is -3.69. The van der Waals surface area contributed by atoms with Gasteiger partial charge >= 0.3 is 6.09 Å². The van der Waals surface area contributed by atoms with E-state index in [9.17, 15) is 13.2 Å². The zero-order chi connectivity index (χ0) is 12.9. The summed E-state index contributed by atoms with van der Waals surface area (Å²) >= 11 is 3.19. The van der Waals surface area contributed by atoms with Gasteiger partial charge in [-0.15, -0.1) is 0 Å². The predicted octanol–water partition coefficient (Wildman–Crippen LogP) is 1.45. The molecule has 1 aromatic rings. The van der Waals surface area contributed by atoms with Crippen LogP contribution in [-0.2, 0) is 9.84 Å². The highest BCUT2D eigenvalue weighted by Gasteiger charge is 2.09. The van der Waals surface area contributed by atoms with Crippen molar-refractivity contribution in [3.63, 3.8) is 0 Å². The van der Waals surface area contributed by atoms with Crippen molar-refractivity contribution in [1.82, 2.24) is 5.32 Å². The number of amides is 1. The van der Waals surface area contributed by atoms with Crippen molar-refractivity contribution >= 4 is 31.9 Å². The molecule has 1 aromatic carbocycles. The van der Waals surface area contributed by atoms with E-state index < -0.39 is 15.9 Å². The maximum absolute atomic E-state index is 11.6. The van der Waals surface area contributed by atoms with Crippen molar-refractivity contribution in [2.45, 2.75) is 4.90 Å². The van der Waals surface area contributed by atoms with E-state index in [4.69, 9.17) is 5.11 Å². The Bertz CT molecular complexity index is 569. The molecule has 0 saturated carbocycles. The Morgan fingerprint density at radius 3 is 2.47 bits per heavy atom. The fraction of sp³-hybridized carbons (Fsp3) is 0.100. The van der Waals surface area contributed by atoms with Crippen LogP contribution in [0.15, 0.2) is 33.6 Å². The van der Waals surface area contributed by atoms with Crippen LogP contribution in [0.3, 0.4) is 0 Å². The molecule has 7 heteroatoms. The van der Waals surface area contributed by atoms with Crippen LogP contribution in [0.25, 0.3) is 0 Å². The lowest BCUT2D eigenvalue weighted by Crippen LogP contribution is -2.20. The van der Waals surface area contributed by atoms with Gasteiger partial charge < -0.3 is 10.4 Å². The monoisotopic (exact) mass is 317 g/mol. The van der Waals surface area contributed by atoms with Crippen LogP contribution in [0.2, 0.25) is 0 Å². The smallest absolute Gasteiger partial charge is 0.405 e. The van der Waals surface area contributed by atoms with Crippen molar-refractivity contribution in [1.29, 1.82) is 0 Å². The lowest BCUT2D eigenvalue weighted by atomic mass is 10.4. The van der Waals surface area contributed by atoms with E-state index in [-0.39, 0.29) is 11.4 Å². The number of benzene rings is 1. The summed E-state index contributed by atoms with van der Waals surface area (Å²) in [4.78, 5) is 10.2. The van der Waals surface area contributed by atoms with Gasteiger partial charge in [-0.1, -0.05) is 21.9 Å². The maximum atomic E-state index is 11.6. The molecule has 0 aromatic heterocycles. The number of carbonyl (C=O) groups is 1. The third-order valence-corrected chi connectivity index (χ3v) is 3.49. The van der Waals surface area contributed by atoms with Crippen molar-refractivity contribution in [2.24, 2.45) is 0 Å². The van der Waals surface area contributed by atoms with Gasteiger partial charge in [0.25, 0.3) is 0 Å². The second kappa shape index (κ2) is 5.70. The van der Waals surface area contributed by atoms with E-state index in [2.05, 4.69) is 21.9 Å². The van der Waals surface area contributed by atoms with Crippen LogP contribution in [0.5, 0.6) is 0 Å². The van der Waals surface area contributed by atoms with E-state index in [1.54, 1.807) is 12.1 Å². The highest BCUT2D eigenvalue weighted by molar-refractivity contribution is 9.10. The minimum Gasteiger partial charge on any atom is -0.465 e. The van der Waals surface area contributed by atoms with Crippen LogP contribution >= 0.6 is 15.9 Å². The third-order valence-electron chi connectivity index (χ3n) is 1.66.